The first-order valence-corrected chi connectivity index (χ1v) is 15.9. The second-order valence-corrected chi connectivity index (χ2v) is 12.7. The molecule has 0 aromatic heterocycles. The van der Waals surface area contributed by atoms with Crippen LogP contribution in [0.25, 0.3) is 0 Å². The summed E-state index contributed by atoms with van der Waals surface area (Å²) < 4.78 is 29.2. The van der Waals surface area contributed by atoms with Crippen molar-refractivity contribution in [2.75, 3.05) is 10.8 Å². The lowest BCUT2D eigenvalue weighted by Gasteiger charge is -2.34. The van der Waals surface area contributed by atoms with E-state index in [2.05, 4.69) is 5.32 Å². The first-order valence-electron chi connectivity index (χ1n) is 14.5. The van der Waals surface area contributed by atoms with Gasteiger partial charge >= 0.3 is 0 Å². The van der Waals surface area contributed by atoms with Crippen LogP contribution in [0.4, 0.5) is 5.69 Å². The fraction of sp³-hybridized carbons (Fsp3) is 0.394. The maximum atomic E-state index is 14.2. The summed E-state index contributed by atoms with van der Waals surface area (Å²) in [5.74, 6) is -0.619. The van der Waals surface area contributed by atoms with E-state index in [0.29, 0.717) is 12.1 Å². The van der Waals surface area contributed by atoms with E-state index in [1.54, 1.807) is 41.3 Å². The first-order chi connectivity index (χ1) is 19.7. The summed E-state index contributed by atoms with van der Waals surface area (Å²) in [7, 11) is -4.08. The third-order valence-electron chi connectivity index (χ3n) is 7.81. The molecule has 1 aliphatic rings. The standard InChI is InChI=1S/C33H41N3O4S/c1-4-30(33(38)34-28-16-9-6-10-17-28)35(23-27-14-7-5-8-15-27)32(37)24-36(31-18-12-11-13-26(31)3)41(39,40)29-21-19-25(2)20-22-29/h5,7-8,11-15,18-22,28,30H,4,6,9-10,16-17,23-24H2,1-3H3,(H,34,38)/t30-/m1/s1. The van der Waals surface area contributed by atoms with Gasteiger partial charge in [-0.25, -0.2) is 8.42 Å². The molecule has 7 nitrogen and oxygen atoms in total. The lowest BCUT2D eigenvalue weighted by molar-refractivity contribution is -0.140. The Morgan fingerprint density at radius 2 is 1.51 bits per heavy atom. The maximum Gasteiger partial charge on any atom is 0.264 e. The second-order valence-electron chi connectivity index (χ2n) is 10.9. The summed E-state index contributed by atoms with van der Waals surface area (Å²) in [6.07, 6.45) is 5.61. The molecule has 0 bridgehead atoms. The minimum Gasteiger partial charge on any atom is -0.352 e. The van der Waals surface area contributed by atoms with E-state index in [-0.39, 0.29) is 23.4 Å². The summed E-state index contributed by atoms with van der Waals surface area (Å²) in [6.45, 7) is 5.37. The Bertz CT molecular complexity index is 1420. The number of carbonyl (C=O) groups excluding carboxylic acids is 2. The Hall–Kier alpha value is -3.65. The van der Waals surface area contributed by atoms with Crippen LogP contribution in [0.5, 0.6) is 0 Å². The van der Waals surface area contributed by atoms with Crippen molar-refractivity contribution in [1.82, 2.24) is 10.2 Å². The van der Waals surface area contributed by atoms with Gasteiger partial charge in [-0.1, -0.05) is 92.4 Å². The monoisotopic (exact) mass is 575 g/mol. The van der Waals surface area contributed by atoms with Crippen LogP contribution in [0, 0.1) is 13.8 Å². The molecule has 8 heteroatoms. The summed E-state index contributed by atoms with van der Waals surface area (Å²) in [6, 6.07) is 22.6. The highest BCUT2D eigenvalue weighted by Gasteiger charge is 2.34. The topological polar surface area (TPSA) is 86.8 Å². The third kappa shape index (κ3) is 7.55. The van der Waals surface area contributed by atoms with Crippen molar-refractivity contribution in [3.8, 4) is 0 Å². The Morgan fingerprint density at radius 1 is 0.878 bits per heavy atom. The average Bonchev–Trinajstić information content (AvgIpc) is 2.97. The van der Waals surface area contributed by atoms with Crippen LogP contribution in [0.1, 0.15) is 62.1 Å². The Kier molecular flexibility index (Phi) is 10.2. The molecule has 0 heterocycles. The molecule has 1 atom stereocenters. The second kappa shape index (κ2) is 13.8. The zero-order valence-corrected chi connectivity index (χ0v) is 25.1. The van der Waals surface area contributed by atoms with Gasteiger partial charge in [0.15, 0.2) is 0 Å². The number of aryl methyl sites for hydroxylation is 2. The summed E-state index contributed by atoms with van der Waals surface area (Å²) >= 11 is 0. The van der Waals surface area contributed by atoms with E-state index < -0.39 is 28.5 Å². The van der Waals surface area contributed by atoms with Gasteiger partial charge in [-0.05, 0) is 62.4 Å². The maximum absolute atomic E-state index is 14.2. The summed E-state index contributed by atoms with van der Waals surface area (Å²) in [5.41, 5.74) is 2.97. The molecule has 41 heavy (non-hydrogen) atoms. The van der Waals surface area contributed by atoms with Gasteiger partial charge in [0.2, 0.25) is 11.8 Å². The van der Waals surface area contributed by atoms with Gasteiger partial charge in [-0.3, -0.25) is 13.9 Å². The lowest BCUT2D eigenvalue weighted by Crippen LogP contribution is -2.54. The van der Waals surface area contributed by atoms with E-state index in [1.807, 2.05) is 63.2 Å². The van der Waals surface area contributed by atoms with E-state index in [9.17, 15) is 18.0 Å². The van der Waals surface area contributed by atoms with Crippen molar-refractivity contribution >= 4 is 27.5 Å². The molecule has 0 spiro atoms. The van der Waals surface area contributed by atoms with Crippen LogP contribution in [0.3, 0.4) is 0 Å². The van der Waals surface area contributed by atoms with Crippen molar-refractivity contribution in [2.24, 2.45) is 0 Å². The molecule has 3 aromatic rings. The van der Waals surface area contributed by atoms with Crippen molar-refractivity contribution in [3.05, 3.63) is 95.6 Å². The first kappa shape index (κ1) is 30.3. The van der Waals surface area contributed by atoms with Crippen LogP contribution < -0.4 is 9.62 Å². The number of carbonyl (C=O) groups is 2. The summed E-state index contributed by atoms with van der Waals surface area (Å²) in [4.78, 5) is 29.5. The van der Waals surface area contributed by atoms with Gasteiger partial charge in [0.05, 0.1) is 10.6 Å². The molecule has 1 saturated carbocycles. The largest absolute Gasteiger partial charge is 0.352 e. The Labute approximate surface area is 244 Å². The SMILES string of the molecule is CC[C@H](C(=O)NC1CCCCC1)N(Cc1ccccc1)C(=O)CN(c1ccccc1C)S(=O)(=O)c1ccc(C)cc1. The Balaban J connectivity index is 1.70. The van der Waals surface area contributed by atoms with Crippen LogP contribution in [0.15, 0.2) is 83.8 Å². The quantitative estimate of drug-likeness (QED) is 0.315. The van der Waals surface area contributed by atoms with E-state index in [1.165, 1.54) is 10.7 Å². The molecule has 1 N–H and O–H groups in total. The van der Waals surface area contributed by atoms with E-state index in [0.717, 1.165) is 42.4 Å². The van der Waals surface area contributed by atoms with Gasteiger partial charge in [0.1, 0.15) is 12.6 Å². The van der Waals surface area contributed by atoms with Gasteiger partial charge in [-0.2, -0.15) is 0 Å². The van der Waals surface area contributed by atoms with Crippen LogP contribution in [-0.2, 0) is 26.2 Å². The molecule has 2 amide bonds. The normalized spacial score (nSPS) is 14.7. The lowest BCUT2D eigenvalue weighted by atomic mass is 9.95. The molecule has 0 radical (unpaired) electrons. The zero-order valence-electron chi connectivity index (χ0n) is 24.3. The number of anilines is 1. The molecule has 0 aliphatic heterocycles. The highest BCUT2D eigenvalue weighted by molar-refractivity contribution is 7.92. The van der Waals surface area contributed by atoms with Crippen LogP contribution >= 0.6 is 0 Å². The van der Waals surface area contributed by atoms with Crippen LogP contribution in [-0.4, -0.2) is 43.8 Å². The zero-order chi connectivity index (χ0) is 29.4. The number of para-hydroxylation sites is 1. The molecule has 0 saturated heterocycles. The molecule has 1 aliphatic carbocycles. The number of rotatable bonds is 11. The van der Waals surface area contributed by atoms with Gasteiger partial charge in [0, 0.05) is 12.6 Å². The number of nitrogens with one attached hydrogen (secondary N) is 1. The predicted molar refractivity (Wildman–Crippen MR) is 163 cm³/mol. The molecule has 1 fully saturated rings. The minimum atomic E-state index is -4.08. The van der Waals surface area contributed by atoms with Crippen molar-refractivity contribution in [3.63, 3.8) is 0 Å². The molecule has 3 aromatic carbocycles. The molecule has 218 valence electrons. The van der Waals surface area contributed by atoms with Gasteiger partial charge < -0.3 is 10.2 Å². The Morgan fingerprint density at radius 3 is 2.15 bits per heavy atom. The van der Waals surface area contributed by atoms with Gasteiger partial charge in [-0.15, -0.1) is 0 Å². The van der Waals surface area contributed by atoms with E-state index >= 15 is 0 Å². The predicted octanol–water partition coefficient (Wildman–Crippen LogP) is 5.76. The number of benzene rings is 3. The van der Waals surface area contributed by atoms with Crippen molar-refractivity contribution in [2.45, 2.75) is 82.8 Å². The fourth-order valence-corrected chi connectivity index (χ4v) is 6.92. The number of nitrogens with zero attached hydrogens (tertiary/aromatic N) is 2. The third-order valence-corrected chi connectivity index (χ3v) is 9.58. The molecular formula is C33H41N3O4S. The smallest absolute Gasteiger partial charge is 0.264 e. The molecule has 4 rings (SSSR count). The van der Waals surface area contributed by atoms with E-state index in [4.69, 9.17) is 0 Å². The molecular weight excluding hydrogens is 534 g/mol. The average molecular weight is 576 g/mol. The van der Waals surface area contributed by atoms with Crippen molar-refractivity contribution in [1.29, 1.82) is 0 Å². The number of sulfonamides is 1. The number of hydrogen-bond acceptors (Lipinski definition) is 4. The van der Waals surface area contributed by atoms with Crippen LogP contribution in [0.2, 0.25) is 0 Å². The van der Waals surface area contributed by atoms with Crippen molar-refractivity contribution < 1.29 is 18.0 Å². The highest BCUT2D eigenvalue weighted by atomic mass is 32.2. The minimum absolute atomic E-state index is 0.101. The van der Waals surface area contributed by atoms with Gasteiger partial charge in [0.25, 0.3) is 10.0 Å². The number of amides is 2. The summed E-state index contributed by atoms with van der Waals surface area (Å²) in [5, 5.41) is 3.18. The number of hydrogen-bond donors (Lipinski definition) is 1. The molecule has 0 unspecified atom stereocenters. The fourth-order valence-electron chi connectivity index (χ4n) is 5.44. The highest BCUT2D eigenvalue weighted by Crippen LogP contribution is 2.28.